The van der Waals surface area contributed by atoms with Crippen molar-refractivity contribution < 1.29 is 0 Å². The van der Waals surface area contributed by atoms with E-state index in [0.717, 1.165) is 5.92 Å². The minimum absolute atomic E-state index is 0.798. The van der Waals surface area contributed by atoms with E-state index in [0.29, 0.717) is 0 Å². The Kier molecular flexibility index (Phi) is 15.8. The number of benzene rings is 1. The van der Waals surface area contributed by atoms with Crippen LogP contribution in [0.25, 0.3) is 0 Å². The number of unbranched alkanes of at least 4 members (excludes halogenated alkanes) is 13. The van der Waals surface area contributed by atoms with E-state index in [1.807, 2.05) is 0 Å². The van der Waals surface area contributed by atoms with Crippen LogP contribution in [0.4, 0.5) is 0 Å². The van der Waals surface area contributed by atoms with Crippen LogP contribution >= 0.6 is 0 Å². The van der Waals surface area contributed by atoms with Crippen LogP contribution in [0.3, 0.4) is 0 Å². The second-order valence-electron chi connectivity index (χ2n) is 8.28. The summed E-state index contributed by atoms with van der Waals surface area (Å²) in [5, 5.41) is 0. The van der Waals surface area contributed by atoms with Crippen molar-refractivity contribution in [2.75, 3.05) is 0 Å². The second kappa shape index (κ2) is 17.6. The first kappa shape index (κ1) is 23.3. The van der Waals surface area contributed by atoms with Crippen molar-refractivity contribution in [3.8, 4) is 0 Å². The van der Waals surface area contributed by atoms with Gasteiger partial charge in [-0.25, -0.2) is 0 Å². The lowest BCUT2D eigenvalue weighted by atomic mass is 9.88. The van der Waals surface area contributed by atoms with Gasteiger partial charge in [-0.2, -0.15) is 0 Å². The molecule has 0 saturated carbocycles. The molecule has 1 unspecified atom stereocenters. The van der Waals surface area contributed by atoms with Crippen LogP contribution in [-0.4, -0.2) is 0 Å². The van der Waals surface area contributed by atoms with Gasteiger partial charge < -0.3 is 0 Å². The summed E-state index contributed by atoms with van der Waals surface area (Å²) in [6.07, 6.45) is 24.2. The van der Waals surface area contributed by atoms with E-state index in [1.165, 1.54) is 109 Å². The molecule has 0 N–H and O–H groups in total. The van der Waals surface area contributed by atoms with Crippen LogP contribution in [0.2, 0.25) is 0 Å². The molecule has 0 nitrogen and oxygen atoms in total. The smallest absolute Gasteiger partial charge is 0.0162 e. The lowest BCUT2D eigenvalue weighted by Crippen LogP contribution is -1.99. The third-order valence-electron chi connectivity index (χ3n) is 5.83. The van der Waals surface area contributed by atoms with Gasteiger partial charge in [0.15, 0.2) is 0 Å². The molecule has 0 fully saturated rings. The maximum atomic E-state index is 2.36. The maximum Gasteiger partial charge on any atom is -0.0162 e. The van der Waals surface area contributed by atoms with Gasteiger partial charge in [0, 0.05) is 0 Å². The molecule has 1 atom stereocenters. The van der Waals surface area contributed by atoms with E-state index >= 15 is 0 Å². The van der Waals surface area contributed by atoms with E-state index < -0.39 is 0 Å². The van der Waals surface area contributed by atoms with Crippen LogP contribution in [0.1, 0.15) is 134 Å². The predicted molar refractivity (Wildman–Crippen MR) is 119 cm³/mol. The third kappa shape index (κ3) is 12.6. The Morgan fingerprint density at radius 3 is 1.31 bits per heavy atom. The molecule has 0 aromatic heterocycles. The van der Waals surface area contributed by atoms with Crippen LogP contribution in [0.15, 0.2) is 30.3 Å². The maximum absolute atomic E-state index is 2.36. The molecular formula is C26H46. The molecule has 1 rings (SSSR count). The minimum atomic E-state index is 0.798. The quantitative estimate of drug-likeness (QED) is 0.229. The van der Waals surface area contributed by atoms with Crippen LogP contribution in [0.5, 0.6) is 0 Å². The first-order valence-corrected chi connectivity index (χ1v) is 11.9. The van der Waals surface area contributed by atoms with Crippen LogP contribution < -0.4 is 0 Å². The van der Waals surface area contributed by atoms with Crippen molar-refractivity contribution in [3.63, 3.8) is 0 Å². The monoisotopic (exact) mass is 358 g/mol. The molecule has 0 heteroatoms. The standard InChI is InChI=1S/C26H46/c1-3-5-7-9-11-13-15-18-22-25(26-23-19-16-20-24-26)21-17-14-12-10-8-6-4-2/h16,19-20,23-25H,3-15,17-18,21-22H2,1-2H3. The molecule has 0 aliphatic carbocycles. The SMILES string of the molecule is CCCCCCCCCCC(CCCCCCCCC)c1ccccc1. The van der Waals surface area contributed by atoms with E-state index in [1.54, 1.807) is 5.56 Å². The number of hydrogen-bond donors (Lipinski definition) is 0. The summed E-state index contributed by atoms with van der Waals surface area (Å²) in [5.41, 5.74) is 1.58. The van der Waals surface area contributed by atoms with Crippen molar-refractivity contribution in [1.29, 1.82) is 0 Å². The Labute approximate surface area is 165 Å². The highest BCUT2D eigenvalue weighted by atomic mass is 14.2. The Morgan fingerprint density at radius 1 is 0.500 bits per heavy atom. The highest BCUT2D eigenvalue weighted by Gasteiger charge is 2.10. The van der Waals surface area contributed by atoms with Gasteiger partial charge in [0.1, 0.15) is 0 Å². The molecule has 1 aromatic carbocycles. The minimum Gasteiger partial charge on any atom is -0.0654 e. The van der Waals surface area contributed by atoms with E-state index in [-0.39, 0.29) is 0 Å². The summed E-state index contributed by atoms with van der Waals surface area (Å²) < 4.78 is 0. The average Bonchev–Trinajstić information content (AvgIpc) is 2.68. The highest BCUT2D eigenvalue weighted by molar-refractivity contribution is 5.19. The summed E-state index contributed by atoms with van der Waals surface area (Å²) in [5.74, 6) is 0.798. The normalized spacial score (nSPS) is 12.4. The number of rotatable bonds is 18. The molecule has 26 heavy (non-hydrogen) atoms. The van der Waals surface area contributed by atoms with Crippen molar-refractivity contribution in [2.45, 2.75) is 129 Å². The molecule has 0 spiro atoms. The molecule has 0 bridgehead atoms. The van der Waals surface area contributed by atoms with Crippen molar-refractivity contribution in [1.82, 2.24) is 0 Å². The zero-order valence-electron chi connectivity index (χ0n) is 18.0. The molecule has 0 saturated heterocycles. The fourth-order valence-electron chi connectivity index (χ4n) is 4.08. The Morgan fingerprint density at radius 2 is 0.885 bits per heavy atom. The molecule has 0 heterocycles. The van der Waals surface area contributed by atoms with Gasteiger partial charge in [-0.15, -0.1) is 0 Å². The molecule has 0 aliphatic heterocycles. The topological polar surface area (TPSA) is 0 Å². The lowest BCUT2D eigenvalue weighted by Gasteiger charge is -2.17. The largest absolute Gasteiger partial charge is 0.0654 e. The summed E-state index contributed by atoms with van der Waals surface area (Å²) in [6.45, 7) is 4.60. The van der Waals surface area contributed by atoms with Crippen molar-refractivity contribution >= 4 is 0 Å². The second-order valence-corrected chi connectivity index (χ2v) is 8.28. The van der Waals surface area contributed by atoms with Crippen molar-refractivity contribution in [3.05, 3.63) is 35.9 Å². The van der Waals surface area contributed by atoms with Gasteiger partial charge in [0.25, 0.3) is 0 Å². The highest BCUT2D eigenvalue weighted by Crippen LogP contribution is 2.28. The lowest BCUT2D eigenvalue weighted by molar-refractivity contribution is 0.483. The van der Waals surface area contributed by atoms with Crippen LogP contribution in [-0.2, 0) is 0 Å². The molecule has 0 amide bonds. The van der Waals surface area contributed by atoms with Gasteiger partial charge in [0.2, 0.25) is 0 Å². The molecule has 0 radical (unpaired) electrons. The summed E-state index contributed by atoms with van der Waals surface area (Å²) in [6, 6.07) is 11.3. The van der Waals surface area contributed by atoms with Gasteiger partial charge >= 0.3 is 0 Å². The summed E-state index contributed by atoms with van der Waals surface area (Å²) >= 11 is 0. The summed E-state index contributed by atoms with van der Waals surface area (Å²) in [7, 11) is 0. The van der Waals surface area contributed by atoms with E-state index in [2.05, 4.69) is 44.2 Å². The van der Waals surface area contributed by atoms with Gasteiger partial charge in [-0.05, 0) is 24.3 Å². The molecular weight excluding hydrogens is 312 g/mol. The van der Waals surface area contributed by atoms with E-state index in [9.17, 15) is 0 Å². The van der Waals surface area contributed by atoms with Gasteiger partial charge in [0.05, 0.1) is 0 Å². The van der Waals surface area contributed by atoms with Crippen molar-refractivity contribution in [2.24, 2.45) is 0 Å². The average molecular weight is 359 g/mol. The zero-order chi connectivity index (χ0) is 18.7. The fraction of sp³-hybridized carbons (Fsp3) is 0.769. The molecule has 0 aliphatic rings. The predicted octanol–water partition coefficient (Wildman–Crippen LogP) is 9.44. The first-order chi connectivity index (χ1) is 12.9. The van der Waals surface area contributed by atoms with Crippen LogP contribution in [0, 0.1) is 0 Å². The number of hydrogen-bond acceptors (Lipinski definition) is 0. The molecule has 1 aromatic rings. The summed E-state index contributed by atoms with van der Waals surface area (Å²) in [4.78, 5) is 0. The van der Waals surface area contributed by atoms with E-state index in [4.69, 9.17) is 0 Å². The van der Waals surface area contributed by atoms with Gasteiger partial charge in [-0.1, -0.05) is 140 Å². The zero-order valence-corrected chi connectivity index (χ0v) is 18.0. The third-order valence-corrected chi connectivity index (χ3v) is 5.83. The Bertz CT molecular complexity index is 380. The fourth-order valence-corrected chi connectivity index (χ4v) is 4.08. The van der Waals surface area contributed by atoms with Gasteiger partial charge in [-0.3, -0.25) is 0 Å². The first-order valence-electron chi connectivity index (χ1n) is 11.9. The molecule has 150 valence electrons. The Balaban J connectivity index is 2.19. The Hall–Kier alpha value is -0.780.